The Kier molecular flexibility index (Phi) is 6.19. The van der Waals surface area contributed by atoms with E-state index in [1.54, 1.807) is 0 Å². The summed E-state index contributed by atoms with van der Waals surface area (Å²) in [5.41, 5.74) is 2.08. The van der Waals surface area contributed by atoms with E-state index in [1.165, 1.54) is 5.56 Å². The van der Waals surface area contributed by atoms with E-state index in [4.69, 9.17) is 4.74 Å². The molecular weight excluding hydrogens is 364 g/mol. The molecule has 1 aliphatic heterocycles. The van der Waals surface area contributed by atoms with Crippen LogP contribution in [0, 0.1) is 0 Å². The number of rotatable bonds is 8. The lowest BCUT2D eigenvalue weighted by atomic mass is 10.1. The molecule has 0 saturated carbocycles. The summed E-state index contributed by atoms with van der Waals surface area (Å²) < 4.78 is 7.60. The molecule has 2 heterocycles. The fraction of sp³-hybridized carbons (Fsp3) is 0.348. The van der Waals surface area contributed by atoms with Crippen molar-refractivity contribution in [1.82, 2.24) is 19.9 Å². The number of aromatic nitrogens is 3. The van der Waals surface area contributed by atoms with E-state index >= 15 is 0 Å². The highest BCUT2D eigenvalue weighted by Gasteiger charge is 2.27. The highest BCUT2D eigenvalue weighted by Crippen LogP contribution is 2.22. The Bertz CT molecular complexity index is 911. The fourth-order valence-corrected chi connectivity index (χ4v) is 3.66. The highest BCUT2D eigenvalue weighted by atomic mass is 16.5. The number of benzene rings is 2. The Hall–Kier alpha value is -3.15. The first-order valence-electron chi connectivity index (χ1n) is 10.2. The summed E-state index contributed by atoms with van der Waals surface area (Å²) in [5, 5.41) is 8.47. The largest absolute Gasteiger partial charge is 0.487 e. The fourth-order valence-electron chi connectivity index (χ4n) is 3.66. The summed E-state index contributed by atoms with van der Waals surface area (Å²) in [5.74, 6) is 1.05. The maximum Gasteiger partial charge on any atom is 0.222 e. The van der Waals surface area contributed by atoms with Crippen LogP contribution in [-0.2, 0) is 17.8 Å². The van der Waals surface area contributed by atoms with Crippen molar-refractivity contribution in [3.8, 4) is 5.75 Å². The summed E-state index contributed by atoms with van der Waals surface area (Å²) in [6, 6.07) is 20.2. The second kappa shape index (κ2) is 9.37. The molecule has 1 saturated heterocycles. The highest BCUT2D eigenvalue weighted by molar-refractivity contribution is 5.76. The van der Waals surface area contributed by atoms with Crippen LogP contribution in [0.1, 0.15) is 36.6 Å². The van der Waals surface area contributed by atoms with Crippen LogP contribution in [0.25, 0.3) is 0 Å². The van der Waals surface area contributed by atoms with Crippen molar-refractivity contribution in [1.29, 1.82) is 0 Å². The van der Waals surface area contributed by atoms with Gasteiger partial charge in [0.25, 0.3) is 0 Å². The van der Waals surface area contributed by atoms with Crippen LogP contribution >= 0.6 is 0 Å². The number of likely N-dealkylation sites (tertiary alicyclic amines) is 1. The van der Waals surface area contributed by atoms with Gasteiger partial charge in [-0.05, 0) is 37.0 Å². The van der Waals surface area contributed by atoms with E-state index in [9.17, 15) is 4.79 Å². The van der Waals surface area contributed by atoms with Crippen LogP contribution in [0.15, 0.2) is 66.9 Å². The van der Waals surface area contributed by atoms with Gasteiger partial charge in [0.2, 0.25) is 5.91 Å². The van der Waals surface area contributed by atoms with Crippen molar-refractivity contribution in [2.24, 2.45) is 0 Å². The second-order valence-corrected chi connectivity index (χ2v) is 7.41. The third-order valence-electron chi connectivity index (χ3n) is 5.28. The molecule has 6 nitrogen and oxygen atoms in total. The van der Waals surface area contributed by atoms with Gasteiger partial charge in [-0.2, -0.15) is 0 Å². The lowest BCUT2D eigenvalue weighted by Crippen LogP contribution is -2.29. The maximum atomic E-state index is 12.5. The SMILES string of the molecule is O=C(CCCc1ccccc1)N1CCC(n2cc(COc3ccccc3)nn2)C1. The van der Waals surface area contributed by atoms with Crippen molar-refractivity contribution in [3.05, 3.63) is 78.1 Å². The zero-order chi connectivity index (χ0) is 19.9. The van der Waals surface area contributed by atoms with E-state index in [-0.39, 0.29) is 11.9 Å². The van der Waals surface area contributed by atoms with Gasteiger partial charge in [-0.3, -0.25) is 4.79 Å². The molecule has 4 rings (SSSR count). The van der Waals surface area contributed by atoms with Crippen LogP contribution in [0.2, 0.25) is 0 Å². The molecule has 1 aromatic heterocycles. The summed E-state index contributed by atoms with van der Waals surface area (Å²) in [6.07, 6.45) is 5.25. The molecule has 3 aromatic rings. The second-order valence-electron chi connectivity index (χ2n) is 7.41. The van der Waals surface area contributed by atoms with Crippen LogP contribution in [0.4, 0.5) is 0 Å². The minimum absolute atomic E-state index is 0.186. The standard InChI is InChI=1S/C23H26N4O2/c28-23(13-7-10-19-8-3-1-4-9-19)26-15-14-21(17-26)27-16-20(24-25-27)18-29-22-11-5-2-6-12-22/h1-6,8-9,11-12,16,21H,7,10,13-15,17-18H2. The molecule has 2 aromatic carbocycles. The van der Waals surface area contributed by atoms with Gasteiger partial charge in [0.15, 0.2) is 0 Å². The Morgan fingerprint density at radius 2 is 1.83 bits per heavy atom. The number of hydrogen-bond donors (Lipinski definition) is 0. The van der Waals surface area contributed by atoms with E-state index < -0.39 is 0 Å². The zero-order valence-corrected chi connectivity index (χ0v) is 16.5. The molecule has 1 atom stereocenters. The van der Waals surface area contributed by atoms with E-state index in [0.29, 0.717) is 19.6 Å². The van der Waals surface area contributed by atoms with Gasteiger partial charge in [-0.25, -0.2) is 4.68 Å². The molecule has 1 aliphatic rings. The Balaban J connectivity index is 1.23. The van der Waals surface area contributed by atoms with Crippen LogP contribution in [-0.4, -0.2) is 38.9 Å². The predicted molar refractivity (Wildman–Crippen MR) is 110 cm³/mol. The number of ether oxygens (including phenoxy) is 1. The number of amides is 1. The van der Waals surface area contributed by atoms with Crippen LogP contribution < -0.4 is 4.74 Å². The predicted octanol–water partition coefficient (Wildman–Crippen LogP) is 3.65. The minimum Gasteiger partial charge on any atom is -0.487 e. The summed E-state index contributed by atoms with van der Waals surface area (Å²) >= 11 is 0. The maximum absolute atomic E-state index is 12.5. The Labute approximate surface area is 171 Å². The normalized spacial score (nSPS) is 16.1. The quantitative estimate of drug-likeness (QED) is 0.589. The van der Waals surface area contributed by atoms with Gasteiger partial charge < -0.3 is 9.64 Å². The molecule has 0 bridgehead atoms. The molecule has 150 valence electrons. The zero-order valence-electron chi connectivity index (χ0n) is 16.5. The molecule has 0 aliphatic carbocycles. The third-order valence-corrected chi connectivity index (χ3v) is 5.28. The van der Waals surface area contributed by atoms with Gasteiger partial charge in [0, 0.05) is 19.5 Å². The van der Waals surface area contributed by atoms with E-state index in [2.05, 4.69) is 22.4 Å². The first kappa shape index (κ1) is 19.2. The minimum atomic E-state index is 0.186. The van der Waals surface area contributed by atoms with Crippen molar-refractivity contribution in [3.63, 3.8) is 0 Å². The van der Waals surface area contributed by atoms with Gasteiger partial charge in [0.1, 0.15) is 18.1 Å². The lowest BCUT2D eigenvalue weighted by molar-refractivity contribution is -0.130. The Morgan fingerprint density at radius 3 is 2.62 bits per heavy atom. The summed E-state index contributed by atoms with van der Waals surface area (Å²) in [4.78, 5) is 14.5. The van der Waals surface area contributed by atoms with Gasteiger partial charge in [0.05, 0.1) is 12.2 Å². The van der Waals surface area contributed by atoms with Crippen molar-refractivity contribution < 1.29 is 9.53 Å². The average molecular weight is 390 g/mol. The smallest absolute Gasteiger partial charge is 0.222 e. The number of carbonyl (C=O) groups excluding carboxylic acids is 1. The molecule has 0 radical (unpaired) electrons. The topological polar surface area (TPSA) is 60.2 Å². The van der Waals surface area contributed by atoms with Gasteiger partial charge in [-0.15, -0.1) is 5.10 Å². The first-order chi connectivity index (χ1) is 14.3. The number of carbonyl (C=O) groups is 1. The molecule has 0 spiro atoms. The van der Waals surface area contributed by atoms with Gasteiger partial charge in [-0.1, -0.05) is 53.7 Å². The number of para-hydroxylation sites is 1. The first-order valence-corrected chi connectivity index (χ1v) is 10.2. The van der Waals surface area contributed by atoms with Crippen LogP contribution in [0.3, 0.4) is 0 Å². The molecule has 1 fully saturated rings. The van der Waals surface area contributed by atoms with E-state index in [0.717, 1.165) is 37.3 Å². The summed E-state index contributed by atoms with van der Waals surface area (Å²) in [7, 11) is 0. The number of hydrogen-bond acceptors (Lipinski definition) is 4. The molecule has 1 unspecified atom stereocenters. The monoisotopic (exact) mass is 390 g/mol. The van der Waals surface area contributed by atoms with Gasteiger partial charge >= 0.3 is 0 Å². The lowest BCUT2D eigenvalue weighted by Gasteiger charge is -2.16. The number of nitrogens with zero attached hydrogens (tertiary/aromatic N) is 4. The molecule has 29 heavy (non-hydrogen) atoms. The van der Waals surface area contributed by atoms with Crippen molar-refractivity contribution in [2.45, 2.75) is 38.3 Å². The number of aryl methyl sites for hydroxylation is 1. The third kappa shape index (κ3) is 5.22. The summed E-state index contributed by atoms with van der Waals surface area (Å²) in [6.45, 7) is 1.87. The van der Waals surface area contributed by atoms with E-state index in [1.807, 2.05) is 64.3 Å². The van der Waals surface area contributed by atoms with Crippen LogP contribution in [0.5, 0.6) is 5.75 Å². The van der Waals surface area contributed by atoms with Crippen molar-refractivity contribution in [2.75, 3.05) is 13.1 Å². The molecule has 6 heteroatoms. The van der Waals surface area contributed by atoms with Crippen molar-refractivity contribution >= 4 is 5.91 Å². The Morgan fingerprint density at radius 1 is 1.07 bits per heavy atom. The average Bonchev–Trinajstić information content (AvgIpc) is 3.43. The molecule has 1 amide bonds. The molecular formula is C23H26N4O2. The molecule has 0 N–H and O–H groups in total.